The van der Waals surface area contributed by atoms with Crippen molar-refractivity contribution >= 4 is 52.1 Å². The minimum Gasteiger partial charge on any atom is -0.481 e. The molecule has 0 atom stereocenters. The van der Waals surface area contributed by atoms with Crippen LogP contribution in [0.25, 0.3) is 10.4 Å². The molecule has 3 aromatic rings. The Hall–Kier alpha value is -5.69. The molecule has 1 aromatic heterocycles. The van der Waals surface area contributed by atoms with E-state index in [0.29, 0.717) is 11.8 Å². The van der Waals surface area contributed by atoms with E-state index in [1.165, 1.54) is 0 Å². The van der Waals surface area contributed by atoms with Crippen LogP contribution in [0, 0.1) is 30.3 Å². The zero-order valence-corrected chi connectivity index (χ0v) is 19.2. The number of carboxylic acids is 1. The Morgan fingerprint density at radius 2 is 1.71 bits per heavy atom. The van der Waals surface area contributed by atoms with Crippen molar-refractivity contribution in [1.82, 2.24) is 20.2 Å². The van der Waals surface area contributed by atoms with Crippen LogP contribution >= 0.6 is 11.8 Å². The minimum atomic E-state index is -1.18. The first kappa shape index (κ1) is 26.9. The minimum absolute atomic E-state index is 0.129. The molecule has 20 nitrogen and oxygen atoms in total. The molecule has 1 amide bonds. The summed E-state index contributed by atoms with van der Waals surface area (Å²) >= 11 is 0.409. The van der Waals surface area contributed by atoms with Crippen LogP contribution < -0.4 is 5.32 Å². The average Bonchev–Trinajstić information content (AvgIpc) is 3.30. The van der Waals surface area contributed by atoms with E-state index < -0.39 is 60.6 Å². The molecule has 21 heteroatoms. The van der Waals surface area contributed by atoms with E-state index in [1.54, 1.807) is 0 Å². The first-order valence-corrected chi connectivity index (χ1v) is 10.6. The number of nitro benzene ring substituents is 3. The normalized spacial score (nSPS) is 10.3. The first-order valence-electron chi connectivity index (χ1n) is 9.79. The summed E-state index contributed by atoms with van der Waals surface area (Å²) in [6.45, 7) is -0.232. The third-order valence-corrected chi connectivity index (χ3v) is 5.62. The van der Waals surface area contributed by atoms with Gasteiger partial charge in [-0.05, 0) is 33.8 Å². The number of amides is 1. The Bertz CT molecular complexity index is 1500. The van der Waals surface area contributed by atoms with Crippen molar-refractivity contribution in [1.29, 1.82) is 0 Å². The maximum atomic E-state index is 12.8. The highest BCUT2D eigenvalue weighted by molar-refractivity contribution is 7.99. The second-order valence-corrected chi connectivity index (χ2v) is 7.87. The van der Waals surface area contributed by atoms with Gasteiger partial charge in [-0.2, -0.15) is 0 Å². The van der Waals surface area contributed by atoms with Crippen LogP contribution in [-0.4, -0.2) is 52.0 Å². The lowest BCUT2D eigenvalue weighted by atomic mass is 10.1. The number of tetrazole rings is 1. The highest BCUT2D eigenvalue weighted by Gasteiger charge is 2.31. The highest BCUT2D eigenvalue weighted by Crippen LogP contribution is 2.42. The molecule has 0 fully saturated rings. The van der Waals surface area contributed by atoms with E-state index in [2.05, 4.69) is 30.9 Å². The van der Waals surface area contributed by atoms with Crippen molar-refractivity contribution in [3.8, 4) is 0 Å². The Morgan fingerprint density at radius 1 is 1.08 bits per heavy atom. The van der Waals surface area contributed by atoms with Crippen LogP contribution in [-0.2, 0) is 11.3 Å². The highest BCUT2D eigenvalue weighted by atomic mass is 32.2. The topological polar surface area (TPSA) is 288 Å². The van der Waals surface area contributed by atoms with E-state index >= 15 is 0 Å². The van der Waals surface area contributed by atoms with Crippen molar-refractivity contribution in [2.45, 2.75) is 23.0 Å². The van der Waals surface area contributed by atoms with E-state index in [1.807, 2.05) is 0 Å². The molecule has 0 radical (unpaired) electrons. The van der Waals surface area contributed by atoms with E-state index in [0.717, 1.165) is 35.0 Å². The van der Waals surface area contributed by atoms with Crippen molar-refractivity contribution in [3.63, 3.8) is 0 Å². The number of carbonyl (C=O) groups is 2. The van der Waals surface area contributed by atoms with Gasteiger partial charge in [0.25, 0.3) is 23.0 Å². The number of anilines is 1. The molecule has 38 heavy (non-hydrogen) atoms. The molecule has 0 aliphatic rings. The summed E-state index contributed by atoms with van der Waals surface area (Å²) in [4.78, 5) is 57.7. The monoisotopic (exact) mass is 545 g/mol. The fourth-order valence-electron chi connectivity index (χ4n) is 2.89. The van der Waals surface area contributed by atoms with Gasteiger partial charge in [-0.25, -0.2) is 4.68 Å². The van der Waals surface area contributed by atoms with Crippen molar-refractivity contribution in [2.75, 3.05) is 5.32 Å². The number of aliphatic carboxylic acids is 1. The van der Waals surface area contributed by atoms with Crippen molar-refractivity contribution in [3.05, 3.63) is 76.7 Å². The van der Waals surface area contributed by atoms with Gasteiger partial charge in [-0.3, -0.25) is 39.9 Å². The number of benzene rings is 2. The van der Waals surface area contributed by atoms with Crippen LogP contribution in [0.15, 0.2) is 45.5 Å². The molecule has 0 bridgehead atoms. The SMILES string of the molecule is [N-]=[N+]=Nc1ccc(NC(=O)c2cc([N+](=O)[O-])c(Sc3nnnn3CCC(=O)O)c([N+](=O)[O-])c2)c([N+](=O)[O-])c1. The van der Waals surface area contributed by atoms with Gasteiger partial charge in [-0.15, -0.1) is 5.10 Å². The van der Waals surface area contributed by atoms with Crippen LogP contribution in [0.3, 0.4) is 0 Å². The molecule has 0 saturated carbocycles. The summed E-state index contributed by atoms with van der Waals surface area (Å²) in [5.74, 6) is -2.34. The van der Waals surface area contributed by atoms with Crippen molar-refractivity contribution in [2.24, 2.45) is 5.11 Å². The van der Waals surface area contributed by atoms with Crippen LogP contribution in [0.1, 0.15) is 16.8 Å². The lowest BCUT2D eigenvalue weighted by Gasteiger charge is -2.09. The molecule has 3 rings (SSSR count). The van der Waals surface area contributed by atoms with Gasteiger partial charge in [0.2, 0.25) is 5.16 Å². The fourth-order valence-corrected chi connectivity index (χ4v) is 3.86. The first-order chi connectivity index (χ1) is 18.0. The Balaban J connectivity index is 2.03. The zero-order chi connectivity index (χ0) is 28.0. The quantitative estimate of drug-likeness (QED) is 0.115. The molecule has 2 N–H and O–H groups in total. The molecular formula is C17H11N11O9S. The van der Waals surface area contributed by atoms with Gasteiger partial charge in [-0.1, -0.05) is 11.2 Å². The number of rotatable bonds is 11. The van der Waals surface area contributed by atoms with Gasteiger partial charge < -0.3 is 10.4 Å². The Labute approximate surface area is 212 Å². The summed E-state index contributed by atoms with van der Waals surface area (Å²) in [5.41, 5.74) is 4.98. The standard InChI is InChI=1S/C17H11N11O9S/c18-22-20-9-1-2-10(11(7-9)26(32)33)19-16(31)8-5-12(27(34)35)15(13(6-8)28(36)37)38-17-21-23-24-25(17)4-3-14(29)30/h1-2,5-7H,3-4H2,(H,19,31)(H,29,30). The number of hydrogen-bond donors (Lipinski definition) is 2. The molecule has 1 heterocycles. The average molecular weight is 545 g/mol. The second kappa shape index (κ2) is 11.4. The maximum Gasteiger partial charge on any atom is 0.305 e. The fraction of sp³-hybridized carbons (Fsp3) is 0.118. The lowest BCUT2D eigenvalue weighted by Crippen LogP contribution is -2.14. The van der Waals surface area contributed by atoms with Gasteiger partial charge in [0.05, 0.1) is 33.3 Å². The van der Waals surface area contributed by atoms with Crippen LogP contribution in [0.2, 0.25) is 0 Å². The van der Waals surface area contributed by atoms with Gasteiger partial charge in [0.1, 0.15) is 5.69 Å². The van der Waals surface area contributed by atoms with E-state index in [9.17, 15) is 39.9 Å². The molecule has 0 aliphatic heterocycles. The number of carboxylic acid groups (broad SMARTS) is 1. The summed E-state index contributed by atoms with van der Waals surface area (Å²) in [7, 11) is 0. The molecule has 0 saturated heterocycles. The van der Waals surface area contributed by atoms with Crippen LogP contribution in [0.5, 0.6) is 0 Å². The maximum absolute atomic E-state index is 12.8. The Morgan fingerprint density at radius 3 is 2.26 bits per heavy atom. The predicted molar refractivity (Wildman–Crippen MR) is 124 cm³/mol. The molecule has 194 valence electrons. The molecular weight excluding hydrogens is 534 g/mol. The summed E-state index contributed by atoms with van der Waals surface area (Å²) in [5, 5.41) is 59.4. The molecule has 2 aromatic carbocycles. The number of aryl methyl sites for hydroxylation is 1. The van der Waals surface area contributed by atoms with Crippen molar-refractivity contribution < 1.29 is 29.5 Å². The smallest absolute Gasteiger partial charge is 0.305 e. The number of nitrogens with one attached hydrogen (secondary N) is 1. The molecule has 0 spiro atoms. The number of nitrogens with zero attached hydrogens (tertiary/aromatic N) is 10. The number of nitro groups is 3. The predicted octanol–water partition coefficient (Wildman–Crippen LogP) is 3.22. The second-order valence-electron chi connectivity index (χ2n) is 6.89. The van der Waals surface area contributed by atoms with Gasteiger partial charge >= 0.3 is 5.97 Å². The lowest BCUT2D eigenvalue weighted by molar-refractivity contribution is -0.399. The number of carbonyl (C=O) groups excluding carboxylic acids is 1. The zero-order valence-electron chi connectivity index (χ0n) is 18.4. The largest absolute Gasteiger partial charge is 0.481 e. The van der Waals surface area contributed by atoms with E-state index in [-0.39, 0.29) is 23.1 Å². The summed E-state index contributed by atoms with van der Waals surface area (Å²) in [6, 6.07) is 4.51. The third-order valence-electron chi connectivity index (χ3n) is 4.52. The molecule has 0 aliphatic carbocycles. The third kappa shape index (κ3) is 6.10. The summed E-state index contributed by atoms with van der Waals surface area (Å²) in [6.07, 6.45) is -0.405. The number of hydrogen-bond acceptors (Lipinski definition) is 13. The van der Waals surface area contributed by atoms with Gasteiger partial charge in [0, 0.05) is 28.8 Å². The van der Waals surface area contributed by atoms with Crippen LogP contribution in [0.4, 0.5) is 28.4 Å². The van der Waals surface area contributed by atoms with E-state index in [4.69, 9.17) is 10.6 Å². The Kier molecular flexibility index (Phi) is 8.05. The summed E-state index contributed by atoms with van der Waals surface area (Å²) < 4.78 is 0.978. The molecule has 0 unspecified atom stereocenters. The number of aromatic nitrogens is 4. The van der Waals surface area contributed by atoms with Gasteiger partial charge in [0.15, 0.2) is 4.90 Å². The number of azide groups is 1.